The molecule has 2 saturated heterocycles. The van der Waals surface area contributed by atoms with Crippen LogP contribution < -0.4 is 0 Å². The van der Waals surface area contributed by atoms with E-state index in [0.717, 1.165) is 43.5 Å². The molecular formula is C19H24N6O2. The lowest BCUT2D eigenvalue weighted by Gasteiger charge is -2.25. The van der Waals surface area contributed by atoms with Crippen molar-refractivity contribution in [2.45, 2.75) is 38.6 Å². The number of amides is 2. The van der Waals surface area contributed by atoms with E-state index in [4.69, 9.17) is 0 Å². The molecule has 2 aromatic heterocycles. The molecule has 8 nitrogen and oxygen atoms in total. The summed E-state index contributed by atoms with van der Waals surface area (Å²) in [5, 5.41) is 14.0. The minimum atomic E-state index is -0.0171. The average molecular weight is 368 g/mol. The van der Waals surface area contributed by atoms with Crippen molar-refractivity contribution in [2.24, 2.45) is 11.8 Å². The summed E-state index contributed by atoms with van der Waals surface area (Å²) in [5.41, 5.74) is 3.39. The molecule has 0 bridgehead atoms. The van der Waals surface area contributed by atoms with Crippen molar-refractivity contribution in [3.05, 3.63) is 34.9 Å². The normalized spacial score (nSPS) is 26.9. The Morgan fingerprint density at radius 3 is 2.93 bits per heavy atom. The number of likely N-dealkylation sites (tertiary alicyclic amines) is 2. The van der Waals surface area contributed by atoms with Crippen molar-refractivity contribution in [3.63, 3.8) is 0 Å². The fourth-order valence-electron chi connectivity index (χ4n) is 4.91. The molecule has 2 aromatic rings. The van der Waals surface area contributed by atoms with Crippen molar-refractivity contribution in [1.82, 2.24) is 30.2 Å². The van der Waals surface area contributed by atoms with Gasteiger partial charge in [0.1, 0.15) is 0 Å². The summed E-state index contributed by atoms with van der Waals surface area (Å²) in [7, 11) is 0. The van der Waals surface area contributed by atoms with E-state index in [1.165, 1.54) is 0 Å². The quantitative estimate of drug-likeness (QED) is 0.833. The van der Waals surface area contributed by atoms with Crippen LogP contribution in [0, 0.1) is 11.8 Å². The highest BCUT2D eigenvalue weighted by molar-refractivity contribution is 5.95. The van der Waals surface area contributed by atoms with Crippen molar-refractivity contribution in [3.8, 4) is 0 Å². The number of H-pyrrole nitrogens is 2. The van der Waals surface area contributed by atoms with Gasteiger partial charge in [0.05, 0.1) is 17.8 Å². The van der Waals surface area contributed by atoms with E-state index in [2.05, 4.69) is 27.3 Å². The van der Waals surface area contributed by atoms with Gasteiger partial charge in [-0.1, -0.05) is 6.92 Å². The van der Waals surface area contributed by atoms with E-state index in [1.807, 2.05) is 9.80 Å². The zero-order chi connectivity index (χ0) is 18.5. The summed E-state index contributed by atoms with van der Waals surface area (Å²) in [6.07, 6.45) is 7.14. The molecule has 0 radical (unpaired) electrons. The SMILES string of the molecule is CC1CCc2[nH]nc(C(=O)N3CC[C@@H]4CN(C(=O)c5cn[nH]c5)C[C@@H]43)c2C1. The lowest BCUT2D eigenvalue weighted by atomic mass is 9.87. The van der Waals surface area contributed by atoms with E-state index in [9.17, 15) is 9.59 Å². The Morgan fingerprint density at radius 1 is 1.22 bits per heavy atom. The average Bonchev–Trinajstić information content (AvgIpc) is 3.42. The molecular weight excluding hydrogens is 344 g/mol. The van der Waals surface area contributed by atoms with Gasteiger partial charge < -0.3 is 9.80 Å². The van der Waals surface area contributed by atoms with E-state index < -0.39 is 0 Å². The second kappa shape index (κ2) is 6.21. The van der Waals surface area contributed by atoms with Crippen molar-refractivity contribution < 1.29 is 9.59 Å². The first-order valence-electron chi connectivity index (χ1n) is 9.77. The van der Waals surface area contributed by atoms with Gasteiger partial charge in [-0.25, -0.2) is 0 Å². The van der Waals surface area contributed by atoms with E-state index >= 15 is 0 Å². The highest BCUT2D eigenvalue weighted by Crippen LogP contribution is 2.34. The molecule has 2 fully saturated rings. The van der Waals surface area contributed by atoms with Gasteiger partial charge in [0, 0.05) is 43.0 Å². The number of carbonyl (C=O) groups excluding carboxylic acids is 2. The van der Waals surface area contributed by atoms with E-state index in [-0.39, 0.29) is 17.9 Å². The third kappa shape index (κ3) is 2.65. The monoisotopic (exact) mass is 368 g/mol. The number of aryl methyl sites for hydroxylation is 1. The number of fused-ring (bicyclic) bond motifs is 2. The van der Waals surface area contributed by atoms with Crippen LogP contribution in [0.5, 0.6) is 0 Å². The van der Waals surface area contributed by atoms with Gasteiger partial charge in [-0.05, 0) is 31.6 Å². The predicted octanol–water partition coefficient (Wildman–Crippen LogP) is 1.24. The molecule has 1 unspecified atom stereocenters. The molecule has 3 aliphatic rings. The first-order chi connectivity index (χ1) is 13.1. The summed E-state index contributed by atoms with van der Waals surface area (Å²) in [6, 6.07) is 0.0849. The first-order valence-corrected chi connectivity index (χ1v) is 9.77. The highest BCUT2D eigenvalue weighted by atomic mass is 16.2. The summed E-state index contributed by atoms with van der Waals surface area (Å²) < 4.78 is 0. The number of aromatic amines is 2. The third-order valence-corrected chi connectivity index (χ3v) is 6.44. The number of nitrogens with one attached hydrogen (secondary N) is 2. The Bertz CT molecular complexity index is 873. The molecule has 142 valence electrons. The van der Waals surface area contributed by atoms with E-state index in [0.29, 0.717) is 36.2 Å². The minimum Gasteiger partial charge on any atom is -0.336 e. The fraction of sp³-hybridized carbons (Fsp3) is 0.579. The molecule has 2 N–H and O–H groups in total. The lowest BCUT2D eigenvalue weighted by Crippen LogP contribution is -2.41. The Kier molecular flexibility index (Phi) is 3.80. The molecule has 5 rings (SSSR count). The second-order valence-electron chi connectivity index (χ2n) is 8.19. The molecule has 8 heteroatoms. The van der Waals surface area contributed by atoms with Crippen LogP contribution in [0.3, 0.4) is 0 Å². The zero-order valence-corrected chi connectivity index (χ0v) is 15.4. The molecule has 2 aliphatic heterocycles. The van der Waals surface area contributed by atoms with Crippen LogP contribution in [-0.4, -0.2) is 67.7 Å². The van der Waals surface area contributed by atoms with Crippen LogP contribution in [0.2, 0.25) is 0 Å². The lowest BCUT2D eigenvalue weighted by molar-refractivity contribution is 0.0684. The van der Waals surface area contributed by atoms with Gasteiger partial charge in [-0.3, -0.25) is 19.8 Å². The maximum atomic E-state index is 13.3. The maximum absolute atomic E-state index is 13.3. The maximum Gasteiger partial charge on any atom is 0.274 e. The Labute approximate surface area is 157 Å². The van der Waals surface area contributed by atoms with Crippen molar-refractivity contribution in [2.75, 3.05) is 19.6 Å². The number of carbonyl (C=O) groups is 2. The Hall–Kier alpha value is -2.64. The summed E-state index contributed by atoms with van der Waals surface area (Å²) in [4.78, 5) is 29.7. The van der Waals surface area contributed by atoms with Crippen LogP contribution in [0.1, 0.15) is 51.9 Å². The zero-order valence-electron chi connectivity index (χ0n) is 15.4. The minimum absolute atomic E-state index is 0.0171. The van der Waals surface area contributed by atoms with Gasteiger partial charge in [0.2, 0.25) is 0 Å². The second-order valence-corrected chi connectivity index (χ2v) is 8.19. The van der Waals surface area contributed by atoms with Crippen molar-refractivity contribution in [1.29, 1.82) is 0 Å². The molecule has 4 heterocycles. The van der Waals surface area contributed by atoms with Gasteiger partial charge in [0.25, 0.3) is 11.8 Å². The number of aromatic nitrogens is 4. The topological polar surface area (TPSA) is 98.0 Å². The molecule has 0 spiro atoms. The predicted molar refractivity (Wildman–Crippen MR) is 97.2 cm³/mol. The van der Waals surface area contributed by atoms with Crippen LogP contribution >= 0.6 is 0 Å². The summed E-state index contributed by atoms with van der Waals surface area (Å²) in [5.74, 6) is 0.934. The third-order valence-electron chi connectivity index (χ3n) is 6.44. The van der Waals surface area contributed by atoms with Crippen LogP contribution in [-0.2, 0) is 12.8 Å². The number of rotatable bonds is 2. The Morgan fingerprint density at radius 2 is 2.11 bits per heavy atom. The van der Waals surface area contributed by atoms with Crippen LogP contribution in [0.4, 0.5) is 0 Å². The number of hydrogen-bond acceptors (Lipinski definition) is 4. The fourth-order valence-corrected chi connectivity index (χ4v) is 4.91. The van der Waals surface area contributed by atoms with E-state index in [1.54, 1.807) is 12.4 Å². The van der Waals surface area contributed by atoms with Gasteiger partial charge in [0.15, 0.2) is 5.69 Å². The molecule has 0 saturated carbocycles. The summed E-state index contributed by atoms with van der Waals surface area (Å²) in [6.45, 7) is 4.27. The summed E-state index contributed by atoms with van der Waals surface area (Å²) >= 11 is 0. The Balaban J connectivity index is 1.34. The van der Waals surface area contributed by atoms with Gasteiger partial charge in [-0.2, -0.15) is 10.2 Å². The van der Waals surface area contributed by atoms with Crippen molar-refractivity contribution >= 4 is 11.8 Å². The highest BCUT2D eigenvalue weighted by Gasteiger charge is 2.46. The van der Waals surface area contributed by atoms with Gasteiger partial charge in [-0.15, -0.1) is 0 Å². The molecule has 0 aromatic carbocycles. The van der Waals surface area contributed by atoms with Gasteiger partial charge >= 0.3 is 0 Å². The molecule has 1 aliphatic carbocycles. The first kappa shape index (κ1) is 16.5. The molecule has 3 atom stereocenters. The molecule has 2 amide bonds. The number of hydrogen-bond donors (Lipinski definition) is 2. The molecule has 27 heavy (non-hydrogen) atoms. The largest absolute Gasteiger partial charge is 0.336 e. The number of nitrogens with zero attached hydrogens (tertiary/aromatic N) is 4. The van der Waals surface area contributed by atoms with Crippen LogP contribution in [0.15, 0.2) is 12.4 Å². The standard InChI is InChI=1S/C19H24N6O2/c1-11-2-3-15-14(6-11)17(23-22-15)19(27)25-5-4-12-9-24(10-16(12)25)18(26)13-7-20-21-8-13/h7-8,11-12,16H,2-6,9-10H2,1H3,(H,20,21)(H,22,23)/t11?,12-,16+/m1/s1. The smallest absolute Gasteiger partial charge is 0.274 e. The van der Waals surface area contributed by atoms with Crippen LogP contribution in [0.25, 0.3) is 0 Å².